The minimum Gasteiger partial charge on any atom is -0.387 e. The molecule has 2 rings (SSSR count). The Morgan fingerprint density at radius 2 is 2.17 bits per heavy atom. The Hall–Kier alpha value is -2.48. The van der Waals surface area contributed by atoms with Crippen LogP contribution in [0.1, 0.15) is 18.6 Å². The molecule has 8 heteroatoms. The summed E-state index contributed by atoms with van der Waals surface area (Å²) in [4.78, 5) is 11.7. The van der Waals surface area contributed by atoms with Crippen LogP contribution in [-0.2, 0) is 6.54 Å². The number of aliphatic hydroxyl groups excluding tert-OH is 1. The summed E-state index contributed by atoms with van der Waals surface area (Å²) in [7, 11) is 0. The highest BCUT2D eigenvalue weighted by atomic mass is 19.2. The number of amides is 2. The number of urea groups is 1. The van der Waals surface area contributed by atoms with E-state index in [4.69, 9.17) is 0 Å². The van der Waals surface area contributed by atoms with E-state index < -0.39 is 23.8 Å². The first-order chi connectivity index (χ1) is 11.0. The highest BCUT2D eigenvalue weighted by Gasteiger charge is 2.13. The molecule has 0 unspecified atom stereocenters. The lowest BCUT2D eigenvalue weighted by atomic mass is 10.1. The monoisotopic (exact) mass is 324 g/mol. The Bertz CT molecular complexity index is 649. The zero-order valence-corrected chi connectivity index (χ0v) is 12.5. The second kappa shape index (κ2) is 7.68. The maximum atomic E-state index is 13.1. The van der Waals surface area contributed by atoms with Gasteiger partial charge in [0.2, 0.25) is 0 Å². The van der Waals surface area contributed by atoms with E-state index in [1.165, 1.54) is 6.07 Å². The molecule has 6 nitrogen and oxygen atoms in total. The molecular weight excluding hydrogens is 306 g/mol. The van der Waals surface area contributed by atoms with Crippen molar-refractivity contribution in [1.29, 1.82) is 0 Å². The normalized spacial score (nSPS) is 13.4. The maximum absolute atomic E-state index is 13.1. The number of carbonyl (C=O) groups excluding carboxylic acids is 1. The average molecular weight is 324 g/mol. The van der Waals surface area contributed by atoms with Crippen LogP contribution in [0.25, 0.3) is 0 Å². The number of aliphatic hydroxyl groups is 1. The number of hydrogen-bond acceptors (Lipinski definition) is 3. The quantitative estimate of drug-likeness (QED) is 0.755. The van der Waals surface area contributed by atoms with Crippen molar-refractivity contribution in [3.8, 4) is 0 Å². The standard InChI is InChI=1S/C15H18F2N4O2/c1-10(9-21-6-2-5-19-21)20-15(23)18-8-14(22)11-3-4-12(16)13(17)7-11/h2-7,10,14,22H,8-9H2,1H3,(H2,18,20,23)/t10-,14-/m0/s1. The molecule has 0 aliphatic heterocycles. The van der Waals surface area contributed by atoms with Gasteiger partial charge in [0.05, 0.1) is 12.6 Å². The summed E-state index contributed by atoms with van der Waals surface area (Å²) in [6.07, 6.45) is 2.30. The number of nitrogens with zero attached hydrogens (tertiary/aromatic N) is 2. The van der Waals surface area contributed by atoms with Crippen molar-refractivity contribution in [2.45, 2.75) is 25.6 Å². The molecule has 0 radical (unpaired) electrons. The lowest BCUT2D eigenvalue weighted by molar-refractivity contribution is 0.172. The number of hydrogen-bond donors (Lipinski definition) is 3. The van der Waals surface area contributed by atoms with Crippen molar-refractivity contribution in [2.24, 2.45) is 0 Å². The molecule has 0 aliphatic rings. The van der Waals surface area contributed by atoms with Gasteiger partial charge in [0.1, 0.15) is 0 Å². The second-order valence-electron chi connectivity index (χ2n) is 5.17. The van der Waals surface area contributed by atoms with E-state index in [-0.39, 0.29) is 18.2 Å². The Balaban J connectivity index is 1.77. The van der Waals surface area contributed by atoms with Gasteiger partial charge in [0.15, 0.2) is 11.6 Å². The Morgan fingerprint density at radius 1 is 1.39 bits per heavy atom. The van der Waals surface area contributed by atoms with E-state index >= 15 is 0 Å². The van der Waals surface area contributed by atoms with Gasteiger partial charge in [-0.3, -0.25) is 4.68 Å². The molecule has 0 bridgehead atoms. The highest BCUT2D eigenvalue weighted by Crippen LogP contribution is 2.15. The van der Waals surface area contributed by atoms with Crippen molar-refractivity contribution in [3.63, 3.8) is 0 Å². The van der Waals surface area contributed by atoms with E-state index in [0.717, 1.165) is 12.1 Å². The molecule has 0 fully saturated rings. The number of aromatic nitrogens is 2. The van der Waals surface area contributed by atoms with Gasteiger partial charge < -0.3 is 15.7 Å². The molecule has 23 heavy (non-hydrogen) atoms. The smallest absolute Gasteiger partial charge is 0.315 e. The SMILES string of the molecule is C[C@@H](Cn1cccn1)NC(=O)NC[C@H](O)c1ccc(F)c(F)c1. The summed E-state index contributed by atoms with van der Waals surface area (Å²) in [5.74, 6) is -2.03. The van der Waals surface area contributed by atoms with Crippen LogP contribution in [0, 0.1) is 11.6 Å². The third kappa shape index (κ3) is 5.03. The van der Waals surface area contributed by atoms with Crippen LogP contribution in [0.2, 0.25) is 0 Å². The van der Waals surface area contributed by atoms with Crippen LogP contribution in [0.5, 0.6) is 0 Å². The molecule has 1 aromatic heterocycles. The average Bonchev–Trinajstić information content (AvgIpc) is 3.00. The van der Waals surface area contributed by atoms with Crippen LogP contribution >= 0.6 is 0 Å². The molecule has 2 aromatic rings. The zero-order chi connectivity index (χ0) is 16.8. The van der Waals surface area contributed by atoms with Crippen molar-refractivity contribution < 1.29 is 18.7 Å². The van der Waals surface area contributed by atoms with Gasteiger partial charge in [-0.15, -0.1) is 0 Å². The fraction of sp³-hybridized carbons (Fsp3) is 0.333. The molecule has 1 aromatic carbocycles. The molecule has 0 aliphatic carbocycles. The van der Waals surface area contributed by atoms with E-state index in [9.17, 15) is 18.7 Å². The van der Waals surface area contributed by atoms with Gasteiger partial charge in [-0.05, 0) is 30.7 Å². The lowest BCUT2D eigenvalue weighted by Gasteiger charge is -2.16. The van der Waals surface area contributed by atoms with Gasteiger partial charge in [0, 0.05) is 25.0 Å². The first-order valence-corrected chi connectivity index (χ1v) is 7.10. The van der Waals surface area contributed by atoms with Crippen LogP contribution < -0.4 is 10.6 Å². The van der Waals surface area contributed by atoms with Gasteiger partial charge in [0.25, 0.3) is 0 Å². The topological polar surface area (TPSA) is 79.2 Å². The number of nitrogens with one attached hydrogen (secondary N) is 2. The minimum atomic E-state index is -1.13. The van der Waals surface area contributed by atoms with Gasteiger partial charge >= 0.3 is 6.03 Å². The molecule has 2 atom stereocenters. The predicted octanol–water partition coefficient (Wildman–Crippen LogP) is 1.58. The summed E-state index contributed by atoms with van der Waals surface area (Å²) >= 11 is 0. The van der Waals surface area contributed by atoms with E-state index in [2.05, 4.69) is 15.7 Å². The minimum absolute atomic E-state index is 0.120. The molecule has 124 valence electrons. The van der Waals surface area contributed by atoms with Gasteiger partial charge in [-0.1, -0.05) is 6.07 Å². The maximum Gasteiger partial charge on any atom is 0.315 e. The molecule has 2 amide bonds. The van der Waals surface area contributed by atoms with Crippen molar-refractivity contribution in [1.82, 2.24) is 20.4 Å². The van der Waals surface area contributed by atoms with Gasteiger partial charge in [-0.25, -0.2) is 13.6 Å². The Labute approximate surface area is 132 Å². The van der Waals surface area contributed by atoms with E-state index in [0.29, 0.717) is 6.54 Å². The Kier molecular flexibility index (Phi) is 5.64. The lowest BCUT2D eigenvalue weighted by Crippen LogP contribution is -2.43. The molecule has 0 spiro atoms. The zero-order valence-electron chi connectivity index (χ0n) is 12.5. The van der Waals surface area contributed by atoms with Crippen LogP contribution in [-0.4, -0.2) is 33.5 Å². The fourth-order valence-corrected chi connectivity index (χ4v) is 2.04. The summed E-state index contributed by atoms with van der Waals surface area (Å²) in [5.41, 5.74) is 0.189. The van der Waals surface area contributed by atoms with E-state index in [1.807, 2.05) is 6.92 Å². The third-order valence-electron chi connectivity index (χ3n) is 3.18. The van der Waals surface area contributed by atoms with Gasteiger partial charge in [-0.2, -0.15) is 5.10 Å². The summed E-state index contributed by atoms with van der Waals surface area (Å²) < 4.78 is 27.6. The van der Waals surface area contributed by atoms with Crippen LogP contribution in [0.3, 0.4) is 0 Å². The Morgan fingerprint density at radius 3 is 2.83 bits per heavy atom. The number of halogens is 2. The fourth-order valence-electron chi connectivity index (χ4n) is 2.04. The summed E-state index contributed by atoms with van der Waals surface area (Å²) in [6, 6.07) is 4.25. The van der Waals surface area contributed by atoms with E-state index in [1.54, 1.807) is 23.1 Å². The molecular formula is C15H18F2N4O2. The highest BCUT2D eigenvalue weighted by molar-refractivity contribution is 5.74. The van der Waals surface area contributed by atoms with Crippen molar-refractivity contribution in [3.05, 3.63) is 53.9 Å². The number of carbonyl (C=O) groups is 1. The van der Waals surface area contributed by atoms with Crippen LogP contribution in [0.15, 0.2) is 36.7 Å². The van der Waals surface area contributed by atoms with Crippen molar-refractivity contribution in [2.75, 3.05) is 6.54 Å². The third-order valence-corrected chi connectivity index (χ3v) is 3.18. The predicted molar refractivity (Wildman–Crippen MR) is 79.5 cm³/mol. The number of rotatable bonds is 6. The second-order valence-corrected chi connectivity index (χ2v) is 5.17. The van der Waals surface area contributed by atoms with Crippen molar-refractivity contribution >= 4 is 6.03 Å². The molecule has 0 saturated heterocycles. The summed E-state index contributed by atoms with van der Waals surface area (Å²) in [6.45, 7) is 2.20. The molecule has 0 saturated carbocycles. The summed E-state index contributed by atoms with van der Waals surface area (Å²) in [5, 5.41) is 19.1. The van der Waals surface area contributed by atoms with Crippen LogP contribution in [0.4, 0.5) is 13.6 Å². The largest absolute Gasteiger partial charge is 0.387 e. The molecule has 1 heterocycles. The first kappa shape index (κ1) is 16.9. The molecule has 3 N–H and O–H groups in total. The number of benzene rings is 1. The first-order valence-electron chi connectivity index (χ1n) is 7.10.